The zero-order valence-corrected chi connectivity index (χ0v) is 8.52. The van der Waals surface area contributed by atoms with E-state index in [0.29, 0.717) is 19.3 Å². The number of rotatable bonds is 2. The molecule has 1 rings (SSSR count). The SMILES string of the molecule is CC1=C(CC=O)C(C)(C)CC(=O)C1. The summed E-state index contributed by atoms with van der Waals surface area (Å²) < 4.78 is 0. The van der Waals surface area contributed by atoms with Crippen LogP contribution in [0.15, 0.2) is 11.1 Å². The van der Waals surface area contributed by atoms with Gasteiger partial charge in [0.05, 0.1) is 0 Å². The van der Waals surface area contributed by atoms with Gasteiger partial charge in [-0.05, 0) is 12.3 Å². The lowest BCUT2D eigenvalue weighted by atomic mass is 9.71. The van der Waals surface area contributed by atoms with Gasteiger partial charge in [0.1, 0.15) is 12.1 Å². The van der Waals surface area contributed by atoms with E-state index in [4.69, 9.17) is 0 Å². The molecule has 2 nitrogen and oxygen atoms in total. The van der Waals surface area contributed by atoms with E-state index >= 15 is 0 Å². The predicted molar refractivity (Wildman–Crippen MR) is 51.4 cm³/mol. The summed E-state index contributed by atoms with van der Waals surface area (Å²) in [6.45, 7) is 6.02. The van der Waals surface area contributed by atoms with Crippen LogP contribution in [0.25, 0.3) is 0 Å². The Bertz CT molecular complexity index is 272. The summed E-state index contributed by atoms with van der Waals surface area (Å²) in [5, 5.41) is 0. The second-order valence-electron chi connectivity index (χ2n) is 4.41. The maximum Gasteiger partial charge on any atom is 0.137 e. The Morgan fingerprint density at radius 3 is 2.54 bits per heavy atom. The summed E-state index contributed by atoms with van der Waals surface area (Å²) in [5.41, 5.74) is 2.14. The molecule has 0 atom stereocenters. The number of hydrogen-bond donors (Lipinski definition) is 0. The van der Waals surface area contributed by atoms with Crippen molar-refractivity contribution < 1.29 is 9.59 Å². The lowest BCUT2D eigenvalue weighted by Gasteiger charge is -2.32. The standard InChI is InChI=1S/C11H16O2/c1-8-6-9(13)7-11(2,3)10(8)4-5-12/h5H,4,6-7H2,1-3H3. The minimum atomic E-state index is -0.111. The molecule has 0 spiro atoms. The molecule has 0 bridgehead atoms. The van der Waals surface area contributed by atoms with Crippen LogP contribution in [0.4, 0.5) is 0 Å². The number of aldehydes is 1. The maximum absolute atomic E-state index is 11.3. The molecule has 0 heterocycles. The minimum absolute atomic E-state index is 0.111. The molecule has 13 heavy (non-hydrogen) atoms. The van der Waals surface area contributed by atoms with E-state index < -0.39 is 0 Å². The van der Waals surface area contributed by atoms with Crippen molar-refractivity contribution in [1.29, 1.82) is 0 Å². The first kappa shape index (κ1) is 10.2. The third-order valence-electron chi connectivity index (χ3n) is 2.72. The highest BCUT2D eigenvalue weighted by Gasteiger charge is 2.31. The van der Waals surface area contributed by atoms with Crippen LogP contribution in [0.3, 0.4) is 0 Å². The van der Waals surface area contributed by atoms with Gasteiger partial charge in [0.25, 0.3) is 0 Å². The van der Waals surface area contributed by atoms with Crippen LogP contribution < -0.4 is 0 Å². The lowest BCUT2D eigenvalue weighted by Crippen LogP contribution is -2.26. The summed E-state index contributed by atoms with van der Waals surface area (Å²) in [6.07, 6.45) is 2.52. The van der Waals surface area contributed by atoms with Crippen molar-refractivity contribution >= 4 is 12.1 Å². The Kier molecular flexibility index (Phi) is 2.69. The molecule has 0 amide bonds. The van der Waals surface area contributed by atoms with E-state index in [1.165, 1.54) is 0 Å². The molecule has 0 aliphatic heterocycles. The highest BCUT2D eigenvalue weighted by atomic mass is 16.1. The molecule has 0 aromatic rings. The molecule has 0 unspecified atom stereocenters. The Labute approximate surface area is 79.0 Å². The second kappa shape index (κ2) is 3.44. The third kappa shape index (κ3) is 2.06. The average Bonchev–Trinajstić information content (AvgIpc) is 1.95. The number of Topliss-reactive ketones (excluding diaryl/α,β-unsaturated/α-hetero) is 1. The van der Waals surface area contributed by atoms with E-state index in [0.717, 1.165) is 17.4 Å². The van der Waals surface area contributed by atoms with Crippen molar-refractivity contribution in [3.05, 3.63) is 11.1 Å². The largest absolute Gasteiger partial charge is 0.303 e. The molecule has 0 saturated heterocycles. The van der Waals surface area contributed by atoms with Crippen molar-refractivity contribution in [3.63, 3.8) is 0 Å². The first-order valence-corrected chi connectivity index (χ1v) is 4.62. The molecule has 2 heteroatoms. The van der Waals surface area contributed by atoms with Gasteiger partial charge in [0.2, 0.25) is 0 Å². The molecule has 0 saturated carbocycles. The van der Waals surface area contributed by atoms with E-state index in [1.807, 2.05) is 20.8 Å². The van der Waals surface area contributed by atoms with Gasteiger partial charge in [0, 0.05) is 19.3 Å². The summed E-state index contributed by atoms with van der Waals surface area (Å²) in [6, 6.07) is 0. The van der Waals surface area contributed by atoms with Gasteiger partial charge in [-0.1, -0.05) is 25.0 Å². The Morgan fingerprint density at radius 2 is 2.08 bits per heavy atom. The van der Waals surface area contributed by atoms with Crippen molar-refractivity contribution in [3.8, 4) is 0 Å². The van der Waals surface area contributed by atoms with Gasteiger partial charge in [-0.15, -0.1) is 0 Å². The molecule has 1 aliphatic carbocycles. The van der Waals surface area contributed by atoms with Crippen LogP contribution in [-0.2, 0) is 9.59 Å². The first-order valence-electron chi connectivity index (χ1n) is 4.62. The normalized spacial score (nSPS) is 21.9. The van der Waals surface area contributed by atoms with Gasteiger partial charge in [-0.3, -0.25) is 4.79 Å². The summed E-state index contributed by atoms with van der Waals surface area (Å²) >= 11 is 0. The molecular weight excluding hydrogens is 164 g/mol. The van der Waals surface area contributed by atoms with Crippen LogP contribution in [-0.4, -0.2) is 12.1 Å². The van der Waals surface area contributed by atoms with Crippen LogP contribution in [0.5, 0.6) is 0 Å². The minimum Gasteiger partial charge on any atom is -0.303 e. The molecular formula is C11H16O2. The number of hydrogen-bond acceptors (Lipinski definition) is 2. The topological polar surface area (TPSA) is 34.1 Å². The van der Waals surface area contributed by atoms with E-state index in [-0.39, 0.29) is 11.2 Å². The summed E-state index contributed by atoms with van der Waals surface area (Å²) in [4.78, 5) is 21.8. The number of carbonyl (C=O) groups is 2. The number of ketones is 1. The zero-order valence-electron chi connectivity index (χ0n) is 8.52. The Hall–Kier alpha value is -0.920. The predicted octanol–water partition coefficient (Wildman–Crippen LogP) is 2.28. The number of carbonyl (C=O) groups excluding carboxylic acids is 2. The van der Waals surface area contributed by atoms with Gasteiger partial charge in [-0.25, -0.2) is 0 Å². The van der Waals surface area contributed by atoms with Gasteiger partial charge in [-0.2, -0.15) is 0 Å². The maximum atomic E-state index is 11.3. The monoisotopic (exact) mass is 180 g/mol. The van der Waals surface area contributed by atoms with Crippen LogP contribution in [0.1, 0.15) is 40.0 Å². The van der Waals surface area contributed by atoms with E-state index in [9.17, 15) is 9.59 Å². The highest BCUT2D eigenvalue weighted by Crippen LogP contribution is 2.39. The highest BCUT2D eigenvalue weighted by molar-refractivity contribution is 5.84. The fourth-order valence-corrected chi connectivity index (χ4v) is 2.18. The first-order chi connectivity index (χ1) is 5.97. The molecule has 0 aromatic carbocycles. The smallest absolute Gasteiger partial charge is 0.137 e. The summed E-state index contributed by atoms with van der Waals surface area (Å²) in [5.74, 6) is 0.289. The van der Waals surface area contributed by atoms with Crippen molar-refractivity contribution in [2.24, 2.45) is 5.41 Å². The summed E-state index contributed by atoms with van der Waals surface area (Å²) in [7, 11) is 0. The van der Waals surface area contributed by atoms with Crippen molar-refractivity contribution in [2.45, 2.75) is 40.0 Å². The van der Waals surface area contributed by atoms with Gasteiger partial charge >= 0.3 is 0 Å². The molecule has 72 valence electrons. The molecule has 1 aliphatic rings. The van der Waals surface area contributed by atoms with Crippen LogP contribution in [0.2, 0.25) is 0 Å². The van der Waals surface area contributed by atoms with Gasteiger partial charge in [0.15, 0.2) is 0 Å². The lowest BCUT2D eigenvalue weighted by molar-refractivity contribution is -0.120. The molecule has 0 radical (unpaired) electrons. The zero-order chi connectivity index (χ0) is 10.1. The quantitative estimate of drug-likeness (QED) is 0.482. The van der Waals surface area contributed by atoms with Gasteiger partial charge < -0.3 is 4.79 Å². The third-order valence-corrected chi connectivity index (χ3v) is 2.72. The molecule has 0 aromatic heterocycles. The van der Waals surface area contributed by atoms with Crippen LogP contribution in [0, 0.1) is 5.41 Å². The molecule has 0 N–H and O–H groups in total. The van der Waals surface area contributed by atoms with Crippen molar-refractivity contribution in [2.75, 3.05) is 0 Å². The Balaban J connectivity index is 3.03. The second-order valence-corrected chi connectivity index (χ2v) is 4.41. The fraction of sp³-hybridized carbons (Fsp3) is 0.636. The van der Waals surface area contributed by atoms with E-state index in [1.54, 1.807) is 0 Å². The Morgan fingerprint density at radius 1 is 1.46 bits per heavy atom. The average molecular weight is 180 g/mol. The van der Waals surface area contributed by atoms with Crippen LogP contribution >= 0.6 is 0 Å². The molecule has 0 fully saturated rings. The van der Waals surface area contributed by atoms with E-state index in [2.05, 4.69) is 0 Å². The fourth-order valence-electron chi connectivity index (χ4n) is 2.18. The van der Waals surface area contributed by atoms with Crippen molar-refractivity contribution in [1.82, 2.24) is 0 Å². The number of allylic oxidation sites excluding steroid dienone is 2.